The van der Waals surface area contributed by atoms with Crippen LogP contribution in [0.3, 0.4) is 0 Å². The van der Waals surface area contributed by atoms with Gasteiger partial charge in [-0.25, -0.2) is 12.7 Å². The van der Waals surface area contributed by atoms with Crippen molar-refractivity contribution in [2.24, 2.45) is 0 Å². The second-order valence-electron chi connectivity index (χ2n) is 6.02. The predicted molar refractivity (Wildman–Crippen MR) is 99.3 cm³/mol. The molecule has 1 N–H and O–H groups in total. The smallest absolute Gasteiger partial charge is 0.255 e. The van der Waals surface area contributed by atoms with E-state index in [2.05, 4.69) is 5.32 Å². The number of nitrogens with one attached hydrogen (secondary N) is 1. The van der Waals surface area contributed by atoms with Crippen LogP contribution >= 0.6 is 11.6 Å². The molecule has 0 bridgehead atoms. The van der Waals surface area contributed by atoms with E-state index in [9.17, 15) is 13.2 Å². The number of benzene rings is 2. The summed E-state index contributed by atoms with van der Waals surface area (Å²) in [5.74, 6) is -0.289. The Morgan fingerprint density at radius 1 is 1.00 bits per heavy atom. The van der Waals surface area contributed by atoms with E-state index >= 15 is 0 Å². The van der Waals surface area contributed by atoms with Crippen LogP contribution in [-0.2, 0) is 15.8 Å². The summed E-state index contributed by atoms with van der Waals surface area (Å²) in [5, 5.41) is 3.37. The molecule has 2 aromatic carbocycles. The molecule has 3 rings (SSSR count). The van der Waals surface area contributed by atoms with Gasteiger partial charge < -0.3 is 5.32 Å². The SMILES string of the molecule is O=C(Nc1ccc(Cl)cc1)c1ccc(CS(=O)(=O)N2CCCC2)cc1. The Hall–Kier alpha value is -1.89. The van der Waals surface area contributed by atoms with Crippen LogP contribution in [0.1, 0.15) is 28.8 Å². The molecule has 5 nitrogen and oxygen atoms in total. The topological polar surface area (TPSA) is 66.5 Å². The number of hydrogen-bond acceptors (Lipinski definition) is 3. The van der Waals surface area contributed by atoms with Gasteiger partial charge in [0.2, 0.25) is 10.0 Å². The van der Waals surface area contributed by atoms with Crippen molar-refractivity contribution in [2.45, 2.75) is 18.6 Å². The Kier molecular flexibility index (Phi) is 5.42. The summed E-state index contributed by atoms with van der Waals surface area (Å²) in [6, 6.07) is 13.5. The molecular weight excluding hydrogens is 360 g/mol. The highest BCUT2D eigenvalue weighted by atomic mass is 35.5. The van der Waals surface area contributed by atoms with E-state index in [1.165, 1.54) is 4.31 Å². The highest BCUT2D eigenvalue weighted by molar-refractivity contribution is 7.88. The van der Waals surface area contributed by atoms with Crippen molar-refractivity contribution in [2.75, 3.05) is 18.4 Å². The number of nitrogens with zero attached hydrogens (tertiary/aromatic N) is 1. The van der Waals surface area contributed by atoms with E-state index < -0.39 is 10.0 Å². The van der Waals surface area contributed by atoms with Gasteiger partial charge in [0.25, 0.3) is 5.91 Å². The standard InChI is InChI=1S/C18H19ClN2O3S/c19-16-7-9-17(10-8-16)20-18(22)15-5-3-14(4-6-15)13-25(23,24)21-11-1-2-12-21/h3-10H,1-2,11-13H2,(H,20,22). The van der Waals surface area contributed by atoms with Crippen molar-refractivity contribution < 1.29 is 13.2 Å². The summed E-state index contributed by atoms with van der Waals surface area (Å²) in [6.45, 7) is 1.20. The Bertz CT molecular complexity index is 843. The van der Waals surface area contributed by atoms with Crippen LogP contribution in [-0.4, -0.2) is 31.7 Å². The van der Waals surface area contributed by atoms with Crippen molar-refractivity contribution in [1.82, 2.24) is 4.31 Å². The van der Waals surface area contributed by atoms with E-state index in [1.807, 2.05) is 0 Å². The quantitative estimate of drug-likeness (QED) is 0.865. The minimum absolute atomic E-state index is 0.0356. The molecule has 25 heavy (non-hydrogen) atoms. The maximum Gasteiger partial charge on any atom is 0.255 e. The van der Waals surface area contributed by atoms with Gasteiger partial charge in [0, 0.05) is 29.4 Å². The molecule has 1 aliphatic rings. The molecular formula is C18H19ClN2O3S. The molecule has 0 radical (unpaired) electrons. The van der Waals surface area contributed by atoms with Gasteiger partial charge in [-0.05, 0) is 54.8 Å². The fraction of sp³-hybridized carbons (Fsp3) is 0.278. The summed E-state index contributed by atoms with van der Waals surface area (Å²) in [5.41, 5.74) is 1.79. The van der Waals surface area contributed by atoms with E-state index in [4.69, 9.17) is 11.6 Å². The summed E-state index contributed by atoms with van der Waals surface area (Å²) >= 11 is 5.82. The first-order valence-corrected chi connectivity index (χ1v) is 10.1. The van der Waals surface area contributed by atoms with Crippen LogP contribution in [0, 0.1) is 0 Å². The molecule has 7 heteroatoms. The zero-order chi connectivity index (χ0) is 17.9. The van der Waals surface area contributed by atoms with E-state index in [0.29, 0.717) is 34.9 Å². The first-order valence-electron chi connectivity index (χ1n) is 8.08. The Morgan fingerprint density at radius 3 is 2.20 bits per heavy atom. The molecule has 1 heterocycles. The highest BCUT2D eigenvalue weighted by Crippen LogP contribution is 2.18. The largest absolute Gasteiger partial charge is 0.322 e. The fourth-order valence-electron chi connectivity index (χ4n) is 2.76. The van der Waals surface area contributed by atoms with Crippen molar-refractivity contribution in [1.29, 1.82) is 0 Å². The monoisotopic (exact) mass is 378 g/mol. The lowest BCUT2D eigenvalue weighted by Gasteiger charge is -2.15. The van der Waals surface area contributed by atoms with Gasteiger partial charge >= 0.3 is 0 Å². The molecule has 132 valence electrons. The van der Waals surface area contributed by atoms with Crippen LogP contribution in [0.5, 0.6) is 0 Å². The van der Waals surface area contributed by atoms with Crippen LogP contribution in [0.15, 0.2) is 48.5 Å². The average molecular weight is 379 g/mol. The van der Waals surface area contributed by atoms with Gasteiger partial charge in [-0.15, -0.1) is 0 Å². The average Bonchev–Trinajstić information content (AvgIpc) is 3.13. The lowest BCUT2D eigenvalue weighted by Crippen LogP contribution is -2.29. The number of sulfonamides is 1. The van der Waals surface area contributed by atoms with Gasteiger partial charge in [0.05, 0.1) is 5.75 Å². The molecule has 1 fully saturated rings. The third-order valence-electron chi connectivity index (χ3n) is 4.13. The lowest BCUT2D eigenvalue weighted by atomic mass is 10.1. The Labute approximate surface area is 152 Å². The third kappa shape index (κ3) is 4.60. The van der Waals surface area contributed by atoms with Crippen molar-refractivity contribution in [3.05, 3.63) is 64.7 Å². The molecule has 0 unspecified atom stereocenters. The van der Waals surface area contributed by atoms with Crippen LogP contribution in [0.2, 0.25) is 5.02 Å². The zero-order valence-corrected chi connectivity index (χ0v) is 15.2. The predicted octanol–water partition coefficient (Wildman–Crippen LogP) is 3.52. The molecule has 0 aromatic heterocycles. The van der Waals surface area contributed by atoms with Crippen LogP contribution in [0.4, 0.5) is 5.69 Å². The summed E-state index contributed by atoms with van der Waals surface area (Å²) in [6.07, 6.45) is 1.84. The molecule has 1 aliphatic heterocycles. The molecule has 0 atom stereocenters. The number of anilines is 1. The number of hydrogen-bond donors (Lipinski definition) is 1. The Balaban J connectivity index is 1.65. The van der Waals surface area contributed by atoms with Gasteiger partial charge in [-0.3, -0.25) is 4.79 Å². The summed E-state index contributed by atoms with van der Waals surface area (Å²) in [7, 11) is -3.28. The minimum Gasteiger partial charge on any atom is -0.322 e. The zero-order valence-electron chi connectivity index (χ0n) is 13.6. The van der Waals surface area contributed by atoms with E-state index in [-0.39, 0.29) is 11.7 Å². The van der Waals surface area contributed by atoms with E-state index in [0.717, 1.165) is 12.8 Å². The number of amides is 1. The maximum absolute atomic E-state index is 12.3. The first kappa shape index (κ1) is 17.9. The molecule has 0 aliphatic carbocycles. The first-order chi connectivity index (χ1) is 11.9. The molecule has 1 amide bonds. The lowest BCUT2D eigenvalue weighted by molar-refractivity contribution is 0.102. The second-order valence-corrected chi connectivity index (χ2v) is 8.43. The number of carbonyl (C=O) groups is 1. The molecule has 2 aromatic rings. The molecule has 0 spiro atoms. The highest BCUT2D eigenvalue weighted by Gasteiger charge is 2.25. The molecule has 1 saturated heterocycles. The third-order valence-corrected chi connectivity index (χ3v) is 6.23. The van der Waals surface area contributed by atoms with Crippen LogP contribution < -0.4 is 5.32 Å². The second kappa shape index (κ2) is 7.56. The summed E-state index contributed by atoms with van der Waals surface area (Å²) < 4.78 is 26.2. The maximum atomic E-state index is 12.3. The normalized spacial score (nSPS) is 15.2. The van der Waals surface area contributed by atoms with Crippen molar-refractivity contribution in [3.63, 3.8) is 0 Å². The fourth-order valence-corrected chi connectivity index (χ4v) is 4.49. The van der Waals surface area contributed by atoms with Crippen molar-refractivity contribution >= 4 is 33.2 Å². The van der Waals surface area contributed by atoms with Gasteiger partial charge in [-0.2, -0.15) is 0 Å². The number of halogens is 1. The number of rotatable bonds is 5. The summed E-state index contributed by atoms with van der Waals surface area (Å²) in [4.78, 5) is 12.2. The number of carbonyl (C=O) groups excluding carboxylic acids is 1. The van der Waals surface area contributed by atoms with Crippen molar-refractivity contribution in [3.8, 4) is 0 Å². The molecule has 0 saturated carbocycles. The van der Waals surface area contributed by atoms with Crippen LogP contribution in [0.25, 0.3) is 0 Å². The van der Waals surface area contributed by atoms with Gasteiger partial charge in [0.1, 0.15) is 0 Å². The van der Waals surface area contributed by atoms with E-state index in [1.54, 1.807) is 48.5 Å². The minimum atomic E-state index is -3.28. The van der Waals surface area contributed by atoms with Gasteiger partial charge in [0.15, 0.2) is 0 Å². The Morgan fingerprint density at radius 2 is 1.60 bits per heavy atom. The van der Waals surface area contributed by atoms with Gasteiger partial charge in [-0.1, -0.05) is 23.7 Å².